The Balaban J connectivity index is 2.10. The summed E-state index contributed by atoms with van der Waals surface area (Å²) in [7, 11) is 0. The van der Waals surface area contributed by atoms with Crippen LogP contribution < -0.4 is 10.6 Å². The second kappa shape index (κ2) is 5.34. The maximum Gasteiger partial charge on any atom is 0.134 e. The monoisotopic (exact) mass is 234 g/mol. The molecule has 1 fully saturated rings. The molecule has 0 radical (unpaired) electrons. The Labute approximate surface area is 103 Å². The lowest BCUT2D eigenvalue weighted by Crippen LogP contribution is -2.21. The van der Waals surface area contributed by atoms with Crippen molar-refractivity contribution >= 4 is 11.6 Å². The Morgan fingerprint density at radius 1 is 1.41 bits per heavy atom. The second-order valence-corrected chi connectivity index (χ2v) is 4.81. The fourth-order valence-electron chi connectivity index (χ4n) is 2.51. The molecule has 0 aromatic carbocycles. The van der Waals surface area contributed by atoms with Crippen LogP contribution in [0.5, 0.6) is 0 Å². The topological polar surface area (TPSA) is 55.0 Å². The molecule has 1 aromatic rings. The smallest absolute Gasteiger partial charge is 0.134 e. The van der Waals surface area contributed by atoms with E-state index in [-0.39, 0.29) is 0 Å². The number of aryl methyl sites for hydroxylation is 1. The third-order valence-electron chi connectivity index (χ3n) is 3.40. The van der Waals surface area contributed by atoms with Crippen LogP contribution in [0, 0.1) is 5.92 Å². The van der Waals surface area contributed by atoms with Crippen molar-refractivity contribution in [3.63, 3.8) is 0 Å². The molecule has 4 heteroatoms. The number of anilines is 2. The molecular formula is C13H22N4. The summed E-state index contributed by atoms with van der Waals surface area (Å²) in [6.07, 6.45) is 4.70. The Kier molecular flexibility index (Phi) is 3.82. The molecule has 1 aliphatic rings. The Morgan fingerprint density at radius 2 is 2.24 bits per heavy atom. The highest BCUT2D eigenvalue weighted by molar-refractivity contribution is 5.47. The van der Waals surface area contributed by atoms with Crippen LogP contribution >= 0.6 is 0 Å². The minimum atomic E-state index is 0.589. The molecule has 4 nitrogen and oxygen atoms in total. The van der Waals surface area contributed by atoms with Crippen LogP contribution in [-0.2, 0) is 6.42 Å². The zero-order valence-electron chi connectivity index (χ0n) is 10.8. The van der Waals surface area contributed by atoms with E-state index in [9.17, 15) is 0 Å². The fourth-order valence-corrected chi connectivity index (χ4v) is 2.51. The minimum absolute atomic E-state index is 0.589. The van der Waals surface area contributed by atoms with Gasteiger partial charge in [-0.15, -0.1) is 0 Å². The van der Waals surface area contributed by atoms with Gasteiger partial charge in [0.05, 0.1) is 0 Å². The molecule has 0 aliphatic carbocycles. The van der Waals surface area contributed by atoms with Crippen molar-refractivity contribution in [3.05, 3.63) is 11.9 Å². The van der Waals surface area contributed by atoms with Gasteiger partial charge in [-0.3, -0.25) is 0 Å². The van der Waals surface area contributed by atoms with E-state index in [2.05, 4.69) is 28.7 Å². The quantitative estimate of drug-likeness (QED) is 0.868. The molecular weight excluding hydrogens is 212 g/mol. The minimum Gasteiger partial charge on any atom is -0.384 e. The van der Waals surface area contributed by atoms with Crippen LogP contribution in [0.3, 0.4) is 0 Å². The lowest BCUT2D eigenvalue weighted by atomic mass is 10.0. The first-order valence-corrected chi connectivity index (χ1v) is 6.61. The van der Waals surface area contributed by atoms with Crippen molar-refractivity contribution in [2.45, 2.75) is 39.5 Å². The van der Waals surface area contributed by atoms with Crippen LogP contribution in [0.25, 0.3) is 0 Å². The molecule has 2 rings (SSSR count). The summed E-state index contributed by atoms with van der Waals surface area (Å²) in [6.45, 7) is 6.53. The van der Waals surface area contributed by atoms with E-state index >= 15 is 0 Å². The summed E-state index contributed by atoms with van der Waals surface area (Å²) >= 11 is 0. The van der Waals surface area contributed by atoms with Crippen molar-refractivity contribution in [2.24, 2.45) is 5.92 Å². The highest BCUT2D eigenvalue weighted by Gasteiger charge is 2.23. The highest BCUT2D eigenvalue weighted by atomic mass is 15.2. The first-order chi connectivity index (χ1) is 8.22. The molecule has 94 valence electrons. The Bertz CT molecular complexity index is 378. The van der Waals surface area contributed by atoms with E-state index in [1.165, 1.54) is 19.3 Å². The van der Waals surface area contributed by atoms with Gasteiger partial charge < -0.3 is 10.6 Å². The number of aromatic nitrogens is 2. The SMILES string of the molecule is CCCC1CCN(c2cc(N)nc(CC)n2)C1. The zero-order chi connectivity index (χ0) is 12.3. The summed E-state index contributed by atoms with van der Waals surface area (Å²) in [5, 5.41) is 0. The predicted octanol–water partition coefficient (Wildman–Crippen LogP) is 2.25. The molecule has 1 unspecified atom stereocenters. The maximum absolute atomic E-state index is 5.82. The Hall–Kier alpha value is -1.32. The summed E-state index contributed by atoms with van der Waals surface area (Å²) in [5.41, 5.74) is 5.82. The summed E-state index contributed by atoms with van der Waals surface area (Å²) < 4.78 is 0. The third kappa shape index (κ3) is 2.87. The van der Waals surface area contributed by atoms with Crippen LogP contribution in [0.2, 0.25) is 0 Å². The first kappa shape index (κ1) is 12.1. The van der Waals surface area contributed by atoms with E-state index in [1.807, 2.05) is 6.07 Å². The molecule has 1 aromatic heterocycles. The number of nitrogen functional groups attached to an aromatic ring is 1. The Morgan fingerprint density at radius 3 is 2.94 bits per heavy atom. The van der Waals surface area contributed by atoms with E-state index in [1.54, 1.807) is 0 Å². The molecule has 0 amide bonds. The number of rotatable bonds is 4. The van der Waals surface area contributed by atoms with Gasteiger partial charge in [0, 0.05) is 25.6 Å². The highest BCUT2D eigenvalue weighted by Crippen LogP contribution is 2.25. The number of nitrogens with two attached hydrogens (primary N) is 1. The maximum atomic E-state index is 5.82. The zero-order valence-corrected chi connectivity index (χ0v) is 10.8. The summed E-state index contributed by atoms with van der Waals surface area (Å²) in [4.78, 5) is 11.1. The van der Waals surface area contributed by atoms with Gasteiger partial charge >= 0.3 is 0 Å². The molecule has 1 atom stereocenters. The molecule has 17 heavy (non-hydrogen) atoms. The predicted molar refractivity (Wildman–Crippen MR) is 71.1 cm³/mol. The van der Waals surface area contributed by atoms with Gasteiger partial charge in [0.15, 0.2) is 0 Å². The van der Waals surface area contributed by atoms with E-state index in [0.29, 0.717) is 5.82 Å². The number of nitrogens with zero attached hydrogens (tertiary/aromatic N) is 3. The van der Waals surface area contributed by atoms with Gasteiger partial charge in [0.1, 0.15) is 17.5 Å². The summed E-state index contributed by atoms with van der Waals surface area (Å²) in [5.74, 6) is 3.26. The largest absolute Gasteiger partial charge is 0.384 e. The van der Waals surface area contributed by atoms with E-state index in [4.69, 9.17) is 5.73 Å². The second-order valence-electron chi connectivity index (χ2n) is 4.81. The van der Waals surface area contributed by atoms with Crippen molar-refractivity contribution in [2.75, 3.05) is 23.7 Å². The first-order valence-electron chi connectivity index (χ1n) is 6.61. The molecule has 0 bridgehead atoms. The molecule has 0 saturated carbocycles. The van der Waals surface area contributed by atoms with E-state index < -0.39 is 0 Å². The summed E-state index contributed by atoms with van der Waals surface area (Å²) in [6, 6.07) is 1.90. The van der Waals surface area contributed by atoms with Crippen molar-refractivity contribution < 1.29 is 0 Å². The van der Waals surface area contributed by atoms with Gasteiger partial charge in [0.2, 0.25) is 0 Å². The molecule has 2 N–H and O–H groups in total. The van der Waals surface area contributed by atoms with Crippen LogP contribution in [0.15, 0.2) is 6.07 Å². The molecule has 1 saturated heterocycles. The standard InChI is InChI=1S/C13H22N4/c1-3-5-10-6-7-17(9-10)13-8-11(14)15-12(4-2)16-13/h8,10H,3-7,9H2,1-2H3,(H2,14,15,16). The normalized spacial score (nSPS) is 19.9. The van der Waals surface area contributed by atoms with Crippen LogP contribution in [-0.4, -0.2) is 23.1 Å². The van der Waals surface area contributed by atoms with Gasteiger partial charge in [-0.25, -0.2) is 9.97 Å². The number of hydrogen-bond acceptors (Lipinski definition) is 4. The van der Waals surface area contributed by atoms with Crippen molar-refractivity contribution in [1.82, 2.24) is 9.97 Å². The van der Waals surface area contributed by atoms with Gasteiger partial charge in [-0.05, 0) is 18.8 Å². The van der Waals surface area contributed by atoms with Crippen molar-refractivity contribution in [3.8, 4) is 0 Å². The average molecular weight is 234 g/mol. The molecule has 1 aliphatic heterocycles. The van der Waals surface area contributed by atoms with Gasteiger partial charge in [-0.2, -0.15) is 0 Å². The molecule has 2 heterocycles. The van der Waals surface area contributed by atoms with E-state index in [0.717, 1.165) is 37.1 Å². The fraction of sp³-hybridized carbons (Fsp3) is 0.692. The van der Waals surface area contributed by atoms with Gasteiger partial charge in [0.25, 0.3) is 0 Å². The van der Waals surface area contributed by atoms with Gasteiger partial charge in [-0.1, -0.05) is 20.3 Å². The van der Waals surface area contributed by atoms with Crippen LogP contribution in [0.1, 0.15) is 38.9 Å². The lowest BCUT2D eigenvalue weighted by Gasteiger charge is -2.18. The third-order valence-corrected chi connectivity index (χ3v) is 3.40. The number of hydrogen-bond donors (Lipinski definition) is 1. The van der Waals surface area contributed by atoms with Crippen LogP contribution in [0.4, 0.5) is 11.6 Å². The van der Waals surface area contributed by atoms with Crippen molar-refractivity contribution in [1.29, 1.82) is 0 Å². The lowest BCUT2D eigenvalue weighted by molar-refractivity contribution is 0.529. The average Bonchev–Trinajstić information content (AvgIpc) is 2.77. The molecule has 0 spiro atoms.